The minimum absolute atomic E-state index is 0.152. The molecule has 2 nitrogen and oxygen atoms in total. The van der Waals surface area contributed by atoms with E-state index in [1.807, 2.05) is 6.92 Å². The van der Waals surface area contributed by atoms with Crippen LogP contribution in [0.3, 0.4) is 0 Å². The number of hydrogen-bond acceptors (Lipinski definition) is 2. The van der Waals surface area contributed by atoms with Crippen LogP contribution in [0.2, 0.25) is 0 Å². The minimum atomic E-state index is -0.612. The highest BCUT2D eigenvalue weighted by Crippen LogP contribution is 2.44. The number of fused-ring (bicyclic) bond motifs is 3. The number of hydrogen-bond donors (Lipinski definition) is 0. The predicted octanol–water partition coefficient (Wildman–Crippen LogP) is 3.86. The topological polar surface area (TPSA) is 21.6 Å². The lowest BCUT2D eigenvalue weighted by Crippen LogP contribution is -2.24. The molecule has 1 aliphatic carbocycles. The van der Waals surface area contributed by atoms with Crippen LogP contribution in [0.25, 0.3) is 0 Å². The van der Waals surface area contributed by atoms with Gasteiger partial charge in [-0.25, -0.2) is 4.99 Å². The molecular formula is C23H20NOP. The largest absolute Gasteiger partial charge is 0.475 e. The van der Waals surface area contributed by atoms with Gasteiger partial charge in [-0.15, -0.1) is 0 Å². The van der Waals surface area contributed by atoms with Crippen molar-refractivity contribution in [1.82, 2.24) is 0 Å². The van der Waals surface area contributed by atoms with Gasteiger partial charge in [-0.1, -0.05) is 78.9 Å². The monoisotopic (exact) mass is 357 g/mol. The molecular weight excluding hydrogens is 337 g/mol. The average molecular weight is 357 g/mol. The third-order valence-corrected chi connectivity index (χ3v) is 7.66. The smallest absolute Gasteiger partial charge is 0.181 e. The highest BCUT2D eigenvalue weighted by Gasteiger charge is 2.41. The van der Waals surface area contributed by atoms with E-state index in [9.17, 15) is 0 Å². The zero-order valence-electron chi connectivity index (χ0n) is 14.7. The van der Waals surface area contributed by atoms with E-state index in [4.69, 9.17) is 9.73 Å². The van der Waals surface area contributed by atoms with Gasteiger partial charge in [0.2, 0.25) is 0 Å². The first kappa shape index (κ1) is 15.8. The average Bonchev–Trinajstić information content (AvgIpc) is 3.20. The Morgan fingerprint density at radius 1 is 0.846 bits per heavy atom. The normalized spacial score (nSPS) is 20.5. The molecule has 3 aromatic carbocycles. The fourth-order valence-electron chi connectivity index (χ4n) is 4.11. The summed E-state index contributed by atoms with van der Waals surface area (Å²) in [6.45, 7) is 1.97. The Morgan fingerprint density at radius 3 is 2.15 bits per heavy atom. The Kier molecular flexibility index (Phi) is 3.87. The van der Waals surface area contributed by atoms with Crippen LogP contribution in [0.4, 0.5) is 0 Å². The summed E-state index contributed by atoms with van der Waals surface area (Å²) >= 11 is 0. The fourth-order valence-corrected chi connectivity index (χ4v) is 6.66. The number of aliphatic imine (C=N–C) groups is 1. The van der Waals surface area contributed by atoms with Gasteiger partial charge in [0.05, 0.1) is 0 Å². The molecule has 0 radical (unpaired) electrons. The van der Waals surface area contributed by atoms with Gasteiger partial charge < -0.3 is 4.74 Å². The van der Waals surface area contributed by atoms with E-state index in [-0.39, 0.29) is 12.1 Å². The maximum atomic E-state index is 5.97. The van der Waals surface area contributed by atoms with Crippen LogP contribution in [0, 0.1) is 0 Å². The zero-order chi connectivity index (χ0) is 17.5. The van der Waals surface area contributed by atoms with E-state index in [1.165, 1.54) is 27.0 Å². The van der Waals surface area contributed by atoms with Crippen LogP contribution >= 0.6 is 7.92 Å². The van der Waals surface area contributed by atoms with E-state index in [0.717, 1.165) is 12.3 Å². The third kappa shape index (κ3) is 2.57. The molecule has 1 heterocycles. The maximum Gasteiger partial charge on any atom is 0.181 e. The molecule has 0 saturated carbocycles. The van der Waals surface area contributed by atoms with Crippen LogP contribution < -0.4 is 15.9 Å². The minimum Gasteiger partial charge on any atom is -0.475 e. The van der Waals surface area contributed by atoms with E-state index in [1.54, 1.807) is 0 Å². The number of rotatable bonds is 3. The summed E-state index contributed by atoms with van der Waals surface area (Å²) in [6, 6.07) is 28.7. The summed E-state index contributed by atoms with van der Waals surface area (Å²) in [5.74, 6) is 0.823. The lowest BCUT2D eigenvalue weighted by Gasteiger charge is -2.23. The van der Waals surface area contributed by atoms with Crippen molar-refractivity contribution in [3.63, 3.8) is 0 Å². The summed E-state index contributed by atoms with van der Waals surface area (Å²) in [5, 5.41) is 4.18. The Bertz CT molecular complexity index is 929. The van der Waals surface area contributed by atoms with Gasteiger partial charge in [-0.05, 0) is 35.0 Å². The van der Waals surface area contributed by atoms with Gasteiger partial charge in [0.1, 0.15) is 12.1 Å². The van der Waals surface area contributed by atoms with Crippen molar-refractivity contribution < 1.29 is 4.74 Å². The lowest BCUT2D eigenvalue weighted by molar-refractivity contribution is 0.204. The molecule has 0 fully saturated rings. The molecule has 2 atom stereocenters. The van der Waals surface area contributed by atoms with Crippen LogP contribution in [0.5, 0.6) is 0 Å². The molecule has 5 rings (SSSR count). The quantitative estimate of drug-likeness (QED) is 0.653. The highest BCUT2D eigenvalue weighted by molar-refractivity contribution is 7.79. The zero-order valence-corrected chi connectivity index (χ0v) is 15.6. The highest BCUT2D eigenvalue weighted by atomic mass is 31.1. The second-order valence-electron chi connectivity index (χ2n) is 6.81. The number of nitrogens with zero attached hydrogens (tertiary/aromatic N) is 1. The van der Waals surface area contributed by atoms with Crippen molar-refractivity contribution in [2.24, 2.45) is 4.99 Å². The maximum absolute atomic E-state index is 5.97. The van der Waals surface area contributed by atoms with Crippen molar-refractivity contribution in [2.45, 2.75) is 25.5 Å². The summed E-state index contributed by atoms with van der Waals surface area (Å²) in [5.41, 5.74) is 2.79. The molecule has 0 aromatic heterocycles. The first-order valence-electron chi connectivity index (χ1n) is 9.04. The van der Waals surface area contributed by atoms with Crippen LogP contribution in [-0.2, 0) is 11.2 Å². The molecule has 0 spiro atoms. The Morgan fingerprint density at radius 2 is 1.50 bits per heavy atom. The van der Waals surface area contributed by atoms with Crippen molar-refractivity contribution in [3.8, 4) is 0 Å². The molecule has 128 valence electrons. The first-order valence-corrected chi connectivity index (χ1v) is 10.4. The van der Waals surface area contributed by atoms with Crippen molar-refractivity contribution >= 4 is 29.7 Å². The summed E-state index contributed by atoms with van der Waals surface area (Å²) < 4.78 is 5.97. The lowest BCUT2D eigenvalue weighted by atomic mass is 10.1. The van der Waals surface area contributed by atoms with Crippen LogP contribution in [0.15, 0.2) is 83.9 Å². The second kappa shape index (κ2) is 6.37. The SMILES string of the molecule is CC1=N[C@H]2c3c(cccc3P(c3ccccc3)c3ccccc3)C[C@H]2O1. The van der Waals surface area contributed by atoms with Gasteiger partial charge in [0.25, 0.3) is 0 Å². The Labute approximate surface area is 155 Å². The summed E-state index contributed by atoms with van der Waals surface area (Å²) in [6.07, 6.45) is 1.14. The molecule has 2 aliphatic rings. The summed E-state index contributed by atoms with van der Waals surface area (Å²) in [7, 11) is -0.612. The Balaban J connectivity index is 1.71. The van der Waals surface area contributed by atoms with E-state index in [0.29, 0.717) is 0 Å². The van der Waals surface area contributed by atoms with E-state index < -0.39 is 7.92 Å². The van der Waals surface area contributed by atoms with Crippen molar-refractivity contribution in [1.29, 1.82) is 0 Å². The predicted molar refractivity (Wildman–Crippen MR) is 110 cm³/mol. The Hall–Kier alpha value is -2.44. The van der Waals surface area contributed by atoms with E-state index >= 15 is 0 Å². The van der Waals surface area contributed by atoms with Gasteiger partial charge in [-0.3, -0.25) is 0 Å². The van der Waals surface area contributed by atoms with Gasteiger partial charge in [-0.2, -0.15) is 0 Å². The fraction of sp³-hybridized carbons (Fsp3) is 0.174. The molecule has 3 aromatic rings. The van der Waals surface area contributed by atoms with E-state index in [2.05, 4.69) is 78.9 Å². The molecule has 0 amide bonds. The third-order valence-electron chi connectivity index (χ3n) is 5.15. The number of benzene rings is 3. The van der Waals surface area contributed by atoms with Crippen LogP contribution in [-0.4, -0.2) is 12.0 Å². The summed E-state index contributed by atoms with van der Waals surface area (Å²) in [4.78, 5) is 4.83. The second-order valence-corrected chi connectivity index (χ2v) is 9.00. The van der Waals surface area contributed by atoms with Crippen LogP contribution in [0.1, 0.15) is 24.1 Å². The molecule has 1 aliphatic heterocycles. The standard InChI is InChI=1S/C23H20NOP/c1-16-24-23-20(25-16)15-17-9-8-14-21(22(17)23)26(18-10-4-2-5-11-18)19-12-6-3-7-13-19/h2-14,20,23H,15H2,1H3/t20-,23-/m1/s1. The molecule has 0 N–H and O–H groups in total. The van der Waals surface area contributed by atoms with Gasteiger partial charge >= 0.3 is 0 Å². The van der Waals surface area contributed by atoms with Crippen molar-refractivity contribution in [2.75, 3.05) is 0 Å². The van der Waals surface area contributed by atoms with Crippen molar-refractivity contribution in [3.05, 3.63) is 90.0 Å². The van der Waals surface area contributed by atoms with Gasteiger partial charge in [0.15, 0.2) is 5.90 Å². The van der Waals surface area contributed by atoms with Gasteiger partial charge in [0, 0.05) is 13.3 Å². The molecule has 0 bridgehead atoms. The molecule has 0 saturated heterocycles. The molecule has 3 heteroatoms. The first-order chi connectivity index (χ1) is 12.8. The molecule has 26 heavy (non-hydrogen) atoms. The molecule has 0 unspecified atom stereocenters. The number of ether oxygens (including phenoxy) is 1.